The summed E-state index contributed by atoms with van der Waals surface area (Å²) in [5, 5.41) is 3.02. The maximum atomic E-state index is 14.3. The van der Waals surface area contributed by atoms with E-state index in [-0.39, 0.29) is 5.75 Å². The highest BCUT2D eigenvalue weighted by atomic mass is 32.2. The van der Waals surface area contributed by atoms with Crippen LogP contribution in [-0.4, -0.2) is 78.2 Å². The lowest BCUT2D eigenvalue weighted by molar-refractivity contribution is 0.187. The van der Waals surface area contributed by atoms with E-state index in [0.717, 1.165) is 49.3 Å². The van der Waals surface area contributed by atoms with Crippen molar-refractivity contribution in [2.75, 3.05) is 46.1 Å². The van der Waals surface area contributed by atoms with Crippen molar-refractivity contribution in [3.05, 3.63) is 58.8 Å². The van der Waals surface area contributed by atoms with Crippen LogP contribution in [0.3, 0.4) is 0 Å². The average molecular weight is 530 g/mol. The molecule has 0 unspecified atom stereocenters. The Balaban J connectivity index is 1.36. The lowest BCUT2D eigenvalue weighted by atomic mass is 10.1. The van der Waals surface area contributed by atoms with Crippen LogP contribution in [-0.2, 0) is 16.4 Å². The van der Waals surface area contributed by atoms with Crippen LogP contribution in [0.15, 0.2) is 47.4 Å². The SMILES string of the molecule is COc1ccc(-c2ccc3c(CCCN4CCN(S(C)(=O)=O)CC4)cn(-c4cscn4)c3n2)cc1F. The molecule has 0 saturated carbocycles. The first-order valence-corrected chi connectivity index (χ1v) is 14.5. The summed E-state index contributed by atoms with van der Waals surface area (Å²) in [4.78, 5) is 11.7. The van der Waals surface area contributed by atoms with Crippen molar-refractivity contribution in [2.24, 2.45) is 0 Å². The number of aromatic nitrogens is 3. The maximum Gasteiger partial charge on any atom is 0.211 e. The first kappa shape index (κ1) is 24.8. The van der Waals surface area contributed by atoms with Crippen molar-refractivity contribution in [3.8, 4) is 22.8 Å². The highest BCUT2D eigenvalue weighted by Gasteiger charge is 2.23. The van der Waals surface area contributed by atoms with Crippen molar-refractivity contribution in [1.82, 2.24) is 23.7 Å². The van der Waals surface area contributed by atoms with E-state index in [1.54, 1.807) is 21.9 Å². The van der Waals surface area contributed by atoms with Gasteiger partial charge in [-0.1, -0.05) is 0 Å². The number of piperazine rings is 1. The third kappa shape index (κ3) is 5.15. The van der Waals surface area contributed by atoms with E-state index in [0.29, 0.717) is 24.3 Å². The van der Waals surface area contributed by atoms with Gasteiger partial charge in [-0.2, -0.15) is 4.31 Å². The minimum Gasteiger partial charge on any atom is -0.494 e. The zero-order valence-corrected chi connectivity index (χ0v) is 21.9. The van der Waals surface area contributed by atoms with Crippen LogP contribution < -0.4 is 4.74 Å². The molecule has 190 valence electrons. The molecule has 1 fully saturated rings. The Morgan fingerprint density at radius 2 is 1.94 bits per heavy atom. The van der Waals surface area contributed by atoms with E-state index in [2.05, 4.69) is 16.1 Å². The van der Waals surface area contributed by atoms with Crippen LogP contribution in [0.2, 0.25) is 0 Å². The summed E-state index contributed by atoms with van der Waals surface area (Å²) < 4.78 is 46.4. The minimum absolute atomic E-state index is 0.200. The van der Waals surface area contributed by atoms with Gasteiger partial charge in [0.15, 0.2) is 11.6 Å². The third-order valence-corrected chi connectivity index (χ3v) is 8.45. The first-order chi connectivity index (χ1) is 17.3. The summed E-state index contributed by atoms with van der Waals surface area (Å²) >= 11 is 1.52. The highest BCUT2D eigenvalue weighted by molar-refractivity contribution is 7.88. The topological polar surface area (TPSA) is 80.6 Å². The molecule has 1 aliphatic heterocycles. The fourth-order valence-electron chi connectivity index (χ4n) is 4.63. The van der Waals surface area contributed by atoms with E-state index in [4.69, 9.17) is 9.72 Å². The summed E-state index contributed by atoms with van der Waals surface area (Å²) in [7, 11) is -1.68. The number of aryl methyl sites for hydroxylation is 1. The van der Waals surface area contributed by atoms with Gasteiger partial charge in [-0.15, -0.1) is 11.3 Å². The van der Waals surface area contributed by atoms with Gasteiger partial charge in [0.05, 0.1) is 24.6 Å². The van der Waals surface area contributed by atoms with E-state index >= 15 is 0 Å². The Hall–Kier alpha value is -2.86. The van der Waals surface area contributed by atoms with Crippen LogP contribution in [0.25, 0.3) is 28.1 Å². The van der Waals surface area contributed by atoms with Crippen molar-refractivity contribution in [3.63, 3.8) is 0 Å². The second-order valence-electron chi connectivity index (χ2n) is 8.90. The van der Waals surface area contributed by atoms with E-state index in [9.17, 15) is 12.8 Å². The molecule has 1 aromatic carbocycles. The fraction of sp³-hybridized carbons (Fsp3) is 0.360. The number of nitrogens with zero attached hydrogens (tertiary/aromatic N) is 5. The molecule has 11 heteroatoms. The van der Waals surface area contributed by atoms with Crippen molar-refractivity contribution in [2.45, 2.75) is 12.8 Å². The molecule has 36 heavy (non-hydrogen) atoms. The molecule has 0 radical (unpaired) electrons. The van der Waals surface area contributed by atoms with Crippen LogP contribution in [0, 0.1) is 5.82 Å². The standard InChI is InChI=1S/C25H28FN5O3S2/c1-34-23-8-5-18(14-21(23)26)22-7-6-20-19(15-31(25(20)28-22)24-16-35-17-27-24)4-3-9-29-10-12-30(13-11-29)36(2,32)33/h5-8,14-17H,3-4,9-13H2,1-2H3. The van der Waals surface area contributed by atoms with Crippen LogP contribution >= 0.6 is 11.3 Å². The molecular weight excluding hydrogens is 501 g/mol. The average Bonchev–Trinajstić information content (AvgIpc) is 3.52. The Kier molecular flexibility index (Phi) is 7.07. The van der Waals surface area contributed by atoms with Gasteiger partial charge in [0.2, 0.25) is 10.0 Å². The van der Waals surface area contributed by atoms with Gasteiger partial charge in [0, 0.05) is 48.7 Å². The number of sulfonamides is 1. The number of benzene rings is 1. The summed E-state index contributed by atoms with van der Waals surface area (Å²) in [6, 6.07) is 8.81. The van der Waals surface area contributed by atoms with Gasteiger partial charge in [0.25, 0.3) is 0 Å². The summed E-state index contributed by atoms with van der Waals surface area (Å²) in [6.45, 7) is 3.48. The van der Waals surface area contributed by atoms with Gasteiger partial charge in [-0.05, 0) is 55.3 Å². The summed E-state index contributed by atoms with van der Waals surface area (Å²) in [5.74, 6) is 0.578. The minimum atomic E-state index is -3.12. The van der Waals surface area contributed by atoms with Gasteiger partial charge in [0.1, 0.15) is 11.5 Å². The Labute approximate surface area is 214 Å². The van der Waals surface area contributed by atoms with Gasteiger partial charge < -0.3 is 9.64 Å². The zero-order valence-electron chi connectivity index (χ0n) is 20.2. The molecule has 4 heterocycles. The highest BCUT2D eigenvalue weighted by Crippen LogP contribution is 2.30. The molecule has 8 nitrogen and oxygen atoms in total. The molecule has 5 rings (SSSR count). The van der Waals surface area contributed by atoms with Gasteiger partial charge >= 0.3 is 0 Å². The maximum absolute atomic E-state index is 14.3. The Morgan fingerprint density at radius 3 is 2.61 bits per heavy atom. The predicted molar refractivity (Wildman–Crippen MR) is 140 cm³/mol. The van der Waals surface area contributed by atoms with Crippen molar-refractivity contribution < 1.29 is 17.5 Å². The largest absolute Gasteiger partial charge is 0.494 e. The second-order valence-corrected chi connectivity index (χ2v) is 11.6. The van der Waals surface area contributed by atoms with Crippen molar-refractivity contribution in [1.29, 1.82) is 0 Å². The molecule has 4 aromatic rings. The number of thiazole rings is 1. The molecule has 0 amide bonds. The van der Waals surface area contributed by atoms with Gasteiger partial charge in [-0.3, -0.25) is 4.57 Å². The molecule has 0 N–H and O–H groups in total. The van der Waals surface area contributed by atoms with Crippen LogP contribution in [0.5, 0.6) is 5.75 Å². The van der Waals surface area contributed by atoms with E-state index in [1.807, 2.05) is 22.1 Å². The Morgan fingerprint density at radius 1 is 1.14 bits per heavy atom. The molecule has 3 aromatic heterocycles. The number of methoxy groups -OCH3 is 1. The first-order valence-electron chi connectivity index (χ1n) is 11.7. The second kappa shape index (κ2) is 10.3. The fourth-order valence-corrected chi connectivity index (χ4v) is 5.98. The van der Waals surface area contributed by atoms with Crippen LogP contribution in [0.4, 0.5) is 4.39 Å². The molecule has 0 bridgehead atoms. The molecule has 1 saturated heterocycles. The summed E-state index contributed by atoms with van der Waals surface area (Å²) in [6.07, 6.45) is 5.16. The van der Waals surface area contributed by atoms with E-state index < -0.39 is 15.8 Å². The third-order valence-electron chi connectivity index (χ3n) is 6.57. The number of rotatable bonds is 8. The van der Waals surface area contributed by atoms with E-state index in [1.165, 1.54) is 36.3 Å². The number of pyridine rings is 1. The molecule has 0 atom stereocenters. The Bertz CT molecular complexity index is 1460. The number of fused-ring (bicyclic) bond motifs is 1. The number of ether oxygens (including phenoxy) is 1. The lowest BCUT2D eigenvalue weighted by Crippen LogP contribution is -2.48. The normalized spacial score (nSPS) is 15.5. The lowest BCUT2D eigenvalue weighted by Gasteiger charge is -2.33. The molecular formula is C25H28FN5O3S2. The molecule has 1 aliphatic rings. The van der Waals surface area contributed by atoms with Crippen molar-refractivity contribution >= 4 is 32.4 Å². The number of hydrogen-bond acceptors (Lipinski definition) is 7. The smallest absolute Gasteiger partial charge is 0.211 e. The summed E-state index contributed by atoms with van der Waals surface area (Å²) in [5.41, 5.74) is 5.10. The quantitative estimate of drug-likeness (QED) is 0.345. The predicted octanol–water partition coefficient (Wildman–Crippen LogP) is 3.81. The molecule has 0 aliphatic carbocycles. The zero-order chi connectivity index (χ0) is 25.3. The number of hydrogen-bond donors (Lipinski definition) is 0. The van der Waals surface area contributed by atoms with Crippen LogP contribution in [0.1, 0.15) is 12.0 Å². The van der Waals surface area contributed by atoms with Gasteiger partial charge in [-0.25, -0.2) is 22.8 Å². The molecule has 0 spiro atoms. The number of halogens is 1. The monoisotopic (exact) mass is 529 g/mol.